The lowest BCUT2D eigenvalue weighted by Crippen LogP contribution is -2.21. The maximum absolute atomic E-state index is 13.0. The number of hydrogen-bond donors (Lipinski definition) is 2. The molecule has 0 spiro atoms. The molecule has 0 saturated heterocycles. The first kappa shape index (κ1) is 26.1. The summed E-state index contributed by atoms with van der Waals surface area (Å²) in [5.74, 6) is 2.01. The number of urea groups is 1. The molecule has 3 aromatic carbocycles. The average Bonchev–Trinajstić information content (AvgIpc) is 3.37. The normalized spacial score (nSPS) is 11.0. The highest BCUT2D eigenvalue weighted by atomic mass is 32.2. The van der Waals surface area contributed by atoms with E-state index in [1.54, 1.807) is 18.9 Å². The summed E-state index contributed by atoms with van der Waals surface area (Å²) in [6.45, 7) is 4.14. The second-order valence-corrected chi connectivity index (χ2v) is 10.0. The quantitative estimate of drug-likeness (QED) is 0.210. The minimum Gasteiger partial charge on any atom is -0.493 e. The minimum atomic E-state index is -0.367. The van der Waals surface area contributed by atoms with Crippen molar-refractivity contribution in [2.24, 2.45) is 0 Å². The maximum Gasteiger partial charge on any atom is 0.324 e. The number of nitrogens with zero attached hydrogens (tertiary/aromatic N) is 4. The molecule has 0 fully saturated rings. The molecule has 0 atom stereocenters. The van der Waals surface area contributed by atoms with Crippen molar-refractivity contribution in [3.05, 3.63) is 84.8 Å². The highest BCUT2D eigenvalue weighted by Crippen LogP contribution is 2.37. The van der Waals surface area contributed by atoms with Crippen LogP contribution in [0.15, 0.2) is 89.0 Å². The summed E-state index contributed by atoms with van der Waals surface area (Å²) in [5.41, 5.74) is 3.14. The standard InChI is InChI=1S/C29H28N6O3S/c1-18(2)23-16-27(35(34-23)20-10-6-5-7-11-20)33-29(36)32-19-9-8-12-21(13-19)39-28-22-14-25(37-3)26(38-4)15-24(22)30-17-31-28/h5-18H,1-4H3,(H2,32,33,36). The Morgan fingerprint density at radius 2 is 1.67 bits per heavy atom. The van der Waals surface area contributed by atoms with Gasteiger partial charge in [-0.1, -0.05) is 49.9 Å². The van der Waals surface area contributed by atoms with Gasteiger partial charge in [0.2, 0.25) is 0 Å². The van der Waals surface area contributed by atoms with Crippen LogP contribution >= 0.6 is 11.8 Å². The summed E-state index contributed by atoms with van der Waals surface area (Å²) in [4.78, 5) is 22.8. The van der Waals surface area contributed by atoms with Gasteiger partial charge < -0.3 is 14.8 Å². The summed E-state index contributed by atoms with van der Waals surface area (Å²) >= 11 is 1.47. The van der Waals surface area contributed by atoms with Gasteiger partial charge in [0, 0.05) is 28.1 Å². The Hall–Kier alpha value is -4.57. The number of amides is 2. The van der Waals surface area contributed by atoms with Gasteiger partial charge in [-0.2, -0.15) is 5.10 Å². The van der Waals surface area contributed by atoms with Crippen LogP contribution in [-0.2, 0) is 0 Å². The van der Waals surface area contributed by atoms with Crippen molar-refractivity contribution in [3.63, 3.8) is 0 Å². The Labute approximate surface area is 230 Å². The van der Waals surface area contributed by atoms with E-state index in [0.29, 0.717) is 23.0 Å². The van der Waals surface area contributed by atoms with Crippen molar-refractivity contribution in [1.82, 2.24) is 19.7 Å². The van der Waals surface area contributed by atoms with Gasteiger partial charge in [-0.05, 0) is 42.3 Å². The SMILES string of the molecule is COc1cc2ncnc(Sc3cccc(NC(=O)Nc4cc(C(C)C)nn4-c4ccccc4)c3)c2cc1OC. The second kappa shape index (κ2) is 11.4. The lowest BCUT2D eigenvalue weighted by Gasteiger charge is -2.12. The van der Waals surface area contributed by atoms with Crippen molar-refractivity contribution in [2.45, 2.75) is 29.7 Å². The van der Waals surface area contributed by atoms with Gasteiger partial charge in [0.15, 0.2) is 11.5 Å². The molecular formula is C29H28N6O3S. The molecule has 0 bridgehead atoms. The third-order valence-electron chi connectivity index (χ3n) is 5.97. The Bertz CT molecular complexity index is 1620. The van der Waals surface area contributed by atoms with Crippen LogP contribution in [0.2, 0.25) is 0 Å². The van der Waals surface area contributed by atoms with Gasteiger partial charge in [-0.3, -0.25) is 5.32 Å². The summed E-state index contributed by atoms with van der Waals surface area (Å²) in [5, 5.41) is 12.2. The summed E-state index contributed by atoms with van der Waals surface area (Å²) in [7, 11) is 3.19. The fourth-order valence-electron chi connectivity index (χ4n) is 4.00. The van der Waals surface area contributed by atoms with Crippen LogP contribution in [0.4, 0.5) is 16.3 Å². The number of methoxy groups -OCH3 is 2. The van der Waals surface area contributed by atoms with E-state index in [-0.39, 0.29) is 11.9 Å². The first-order valence-corrected chi connectivity index (χ1v) is 13.1. The molecule has 2 aromatic heterocycles. The Morgan fingerprint density at radius 3 is 2.41 bits per heavy atom. The monoisotopic (exact) mass is 540 g/mol. The molecule has 0 radical (unpaired) electrons. The summed E-state index contributed by atoms with van der Waals surface area (Å²) < 4.78 is 12.6. The number of nitrogens with one attached hydrogen (secondary N) is 2. The smallest absolute Gasteiger partial charge is 0.324 e. The minimum absolute atomic E-state index is 0.214. The van der Waals surface area contributed by atoms with Gasteiger partial charge in [0.1, 0.15) is 17.2 Å². The maximum atomic E-state index is 13.0. The Morgan fingerprint density at radius 1 is 0.897 bits per heavy atom. The van der Waals surface area contributed by atoms with Crippen molar-refractivity contribution in [3.8, 4) is 17.2 Å². The topological polar surface area (TPSA) is 103 Å². The molecule has 0 saturated carbocycles. The van der Waals surface area contributed by atoms with Crippen molar-refractivity contribution < 1.29 is 14.3 Å². The lowest BCUT2D eigenvalue weighted by molar-refractivity contribution is 0.262. The van der Waals surface area contributed by atoms with Crippen molar-refractivity contribution in [2.75, 3.05) is 24.9 Å². The molecule has 0 aliphatic heterocycles. The van der Waals surface area contributed by atoms with Crippen LogP contribution in [-0.4, -0.2) is 40.0 Å². The van der Waals surface area contributed by atoms with E-state index in [1.165, 1.54) is 18.1 Å². The largest absolute Gasteiger partial charge is 0.493 e. The van der Waals surface area contributed by atoms with Gasteiger partial charge in [0.05, 0.1) is 31.1 Å². The molecule has 9 nitrogen and oxygen atoms in total. The van der Waals surface area contributed by atoms with Gasteiger partial charge in [-0.15, -0.1) is 0 Å². The molecule has 39 heavy (non-hydrogen) atoms. The van der Waals surface area contributed by atoms with Crippen LogP contribution < -0.4 is 20.1 Å². The zero-order valence-corrected chi connectivity index (χ0v) is 22.8. The molecule has 5 rings (SSSR count). The van der Waals surface area contributed by atoms with Gasteiger partial charge in [0.25, 0.3) is 0 Å². The molecule has 198 valence electrons. The van der Waals surface area contributed by atoms with Crippen LogP contribution in [0.3, 0.4) is 0 Å². The zero-order valence-electron chi connectivity index (χ0n) is 22.0. The summed E-state index contributed by atoms with van der Waals surface area (Å²) in [6.07, 6.45) is 1.52. The number of rotatable bonds is 8. The van der Waals surface area contributed by atoms with E-state index in [9.17, 15) is 4.79 Å². The summed E-state index contributed by atoms with van der Waals surface area (Å²) in [6, 6.07) is 22.5. The van der Waals surface area contributed by atoms with E-state index in [4.69, 9.17) is 14.6 Å². The highest BCUT2D eigenvalue weighted by Gasteiger charge is 2.16. The molecule has 0 unspecified atom stereocenters. The third kappa shape index (κ3) is 5.80. The second-order valence-electron chi connectivity index (χ2n) is 8.97. The average molecular weight is 541 g/mol. The van der Waals surface area contributed by atoms with E-state index >= 15 is 0 Å². The number of carbonyl (C=O) groups is 1. The number of benzene rings is 3. The third-order valence-corrected chi connectivity index (χ3v) is 6.98. The number of fused-ring (bicyclic) bond motifs is 1. The lowest BCUT2D eigenvalue weighted by atomic mass is 10.1. The number of para-hydroxylation sites is 1. The zero-order chi connectivity index (χ0) is 27.4. The van der Waals surface area contributed by atoms with Crippen molar-refractivity contribution in [1.29, 1.82) is 0 Å². The molecular weight excluding hydrogens is 512 g/mol. The van der Waals surface area contributed by atoms with Gasteiger partial charge >= 0.3 is 6.03 Å². The van der Waals surface area contributed by atoms with Crippen LogP contribution in [0, 0.1) is 0 Å². The highest BCUT2D eigenvalue weighted by molar-refractivity contribution is 7.99. The fourth-order valence-corrected chi connectivity index (χ4v) is 4.93. The predicted octanol–water partition coefficient (Wildman–Crippen LogP) is 6.75. The molecule has 0 aliphatic carbocycles. The van der Waals surface area contributed by atoms with Crippen LogP contribution in [0.1, 0.15) is 25.5 Å². The Kier molecular flexibility index (Phi) is 7.64. The van der Waals surface area contributed by atoms with E-state index in [2.05, 4.69) is 34.4 Å². The Balaban J connectivity index is 1.35. The number of carbonyl (C=O) groups excluding carboxylic acids is 1. The van der Waals surface area contributed by atoms with E-state index in [0.717, 1.165) is 32.2 Å². The first-order chi connectivity index (χ1) is 18.9. The molecule has 2 N–H and O–H groups in total. The predicted molar refractivity (Wildman–Crippen MR) is 154 cm³/mol. The molecule has 5 aromatic rings. The van der Waals surface area contributed by atoms with E-state index < -0.39 is 0 Å². The molecule has 10 heteroatoms. The molecule has 2 amide bonds. The molecule has 2 heterocycles. The fraction of sp³-hybridized carbons (Fsp3) is 0.172. The van der Waals surface area contributed by atoms with Crippen molar-refractivity contribution >= 4 is 40.2 Å². The number of ether oxygens (including phenoxy) is 2. The first-order valence-electron chi connectivity index (χ1n) is 12.3. The molecule has 0 aliphatic rings. The number of aromatic nitrogens is 4. The number of anilines is 2. The van der Waals surface area contributed by atoms with Gasteiger partial charge in [-0.25, -0.2) is 19.4 Å². The van der Waals surface area contributed by atoms with Crippen LogP contribution in [0.5, 0.6) is 11.5 Å². The van der Waals surface area contributed by atoms with Crippen LogP contribution in [0.25, 0.3) is 16.6 Å². The van der Waals surface area contributed by atoms with E-state index in [1.807, 2.05) is 72.8 Å². The number of hydrogen-bond acceptors (Lipinski definition) is 7.